The summed E-state index contributed by atoms with van der Waals surface area (Å²) < 4.78 is 38.8. The number of aryl methyl sites for hydroxylation is 2. The van der Waals surface area contributed by atoms with Crippen LogP contribution in [0.2, 0.25) is 0 Å². The van der Waals surface area contributed by atoms with Crippen LogP contribution in [0.3, 0.4) is 0 Å². The first-order chi connectivity index (χ1) is 8.89. The Kier molecular flexibility index (Phi) is 6.32. The van der Waals surface area contributed by atoms with Crippen molar-refractivity contribution in [3.05, 3.63) is 15.9 Å². The Morgan fingerprint density at radius 3 is 2.53 bits per heavy atom. The van der Waals surface area contributed by atoms with E-state index in [1.165, 1.54) is 0 Å². The minimum Gasteiger partial charge on any atom is -0.311 e. The standard InChI is InChI=1S/C12H19BrF3N3/c1-3-9-11(13)10(19(4-2)18-9)8-17-7-5-6-12(14,15)16/h17H,3-8H2,1-2H3. The topological polar surface area (TPSA) is 29.9 Å². The molecule has 1 aromatic rings. The lowest BCUT2D eigenvalue weighted by Crippen LogP contribution is -2.20. The van der Waals surface area contributed by atoms with Crippen molar-refractivity contribution in [1.29, 1.82) is 0 Å². The van der Waals surface area contributed by atoms with Crippen molar-refractivity contribution < 1.29 is 13.2 Å². The molecule has 1 aromatic heterocycles. The lowest BCUT2D eigenvalue weighted by molar-refractivity contribution is -0.135. The summed E-state index contributed by atoms with van der Waals surface area (Å²) in [5.41, 5.74) is 1.97. The van der Waals surface area contributed by atoms with Gasteiger partial charge in [-0.15, -0.1) is 0 Å². The van der Waals surface area contributed by atoms with Crippen molar-refractivity contribution in [1.82, 2.24) is 15.1 Å². The number of nitrogens with zero attached hydrogens (tertiary/aromatic N) is 2. The molecule has 0 amide bonds. The molecular formula is C12H19BrF3N3. The second-order valence-corrected chi connectivity index (χ2v) is 5.07. The Labute approximate surface area is 119 Å². The highest BCUT2D eigenvalue weighted by atomic mass is 79.9. The van der Waals surface area contributed by atoms with Gasteiger partial charge in [-0.2, -0.15) is 18.3 Å². The van der Waals surface area contributed by atoms with Crippen LogP contribution >= 0.6 is 15.9 Å². The van der Waals surface area contributed by atoms with Crippen LogP contribution in [0.1, 0.15) is 38.1 Å². The molecule has 0 saturated carbocycles. The number of alkyl halides is 3. The molecule has 0 aliphatic rings. The Bertz CT molecular complexity index is 402. The first kappa shape index (κ1) is 16.5. The van der Waals surface area contributed by atoms with Crippen LogP contribution in [0, 0.1) is 0 Å². The Morgan fingerprint density at radius 2 is 2.00 bits per heavy atom. The van der Waals surface area contributed by atoms with Crippen LogP contribution in [0.5, 0.6) is 0 Å². The number of halogens is 4. The van der Waals surface area contributed by atoms with Crippen LogP contribution in [0.15, 0.2) is 4.47 Å². The summed E-state index contributed by atoms with van der Waals surface area (Å²) in [6.45, 7) is 5.64. The molecule has 1 rings (SSSR count). The molecule has 0 spiro atoms. The van der Waals surface area contributed by atoms with Gasteiger partial charge in [0.05, 0.1) is 15.9 Å². The molecule has 0 atom stereocenters. The summed E-state index contributed by atoms with van der Waals surface area (Å²) in [5, 5.41) is 7.47. The highest BCUT2D eigenvalue weighted by Gasteiger charge is 2.25. The van der Waals surface area contributed by atoms with Gasteiger partial charge in [-0.3, -0.25) is 4.68 Å². The molecule has 1 heterocycles. The average Bonchev–Trinajstić information content (AvgIpc) is 2.64. The SMILES string of the molecule is CCc1nn(CC)c(CNCCCC(F)(F)F)c1Br. The van der Waals surface area contributed by atoms with Gasteiger partial charge in [0.1, 0.15) is 0 Å². The normalized spacial score (nSPS) is 12.1. The van der Waals surface area contributed by atoms with E-state index in [1.807, 2.05) is 18.5 Å². The fraction of sp³-hybridized carbons (Fsp3) is 0.750. The minimum absolute atomic E-state index is 0.0992. The van der Waals surface area contributed by atoms with Crippen LogP contribution < -0.4 is 5.32 Å². The first-order valence-electron chi connectivity index (χ1n) is 6.40. The fourth-order valence-corrected chi connectivity index (χ4v) is 2.51. The zero-order valence-electron chi connectivity index (χ0n) is 11.1. The van der Waals surface area contributed by atoms with Gasteiger partial charge in [0, 0.05) is 19.5 Å². The highest BCUT2D eigenvalue weighted by Crippen LogP contribution is 2.23. The van der Waals surface area contributed by atoms with Crippen LogP contribution in [-0.4, -0.2) is 22.5 Å². The van der Waals surface area contributed by atoms with Crippen molar-refractivity contribution in [3.63, 3.8) is 0 Å². The maximum Gasteiger partial charge on any atom is 0.389 e. The van der Waals surface area contributed by atoms with E-state index in [0.717, 1.165) is 28.8 Å². The van der Waals surface area contributed by atoms with Gasteiger partial charge in [-0.1, -0.05) is 6.92 Å². The molecule has 1 N–H and O–H groups in total. The third kappa shape index (κ3) is 5.14. The second kappa shape index (κ2) is 7.28. The quantitative estimate of drug-likeness (QED) is 0.767. The largest absolute Gasteiger partial charge is 0.389 e. The molecule has 0 unspecified atom stereocenters. The Morgan fingerprint density at radius 1 is 1.32 bits per heavy atom. The van der Waals surface area contributed by atoms with Gasteiger partial charge in [0.15, 0.2) is 0 Å². The van der Waals surface area contributed by atoms with Crippen LogP contribution in [-0.2, 0) is 19.5 Å². The molecule has 0 bridgehead atoms. The predicted molar refractivity (Wildman–Crippen MR) is 72.0 cm³/mol. The number of hydrogen-bond donors (Lipinski definition) is 1. The van der Waals surface area contributed by atoms with Gasteiger partial charge in [-0.25, -0.2) is 0 Å². The van der Waals surface area contributed by atoms with E-state index in [1.54, 1.807) is 0 Å². The Balaban J connectivity index is 2.47. The number of aromatic nitrogens is 2. The zero-order valence-corrected chi connectivity index (χ0v) is 12.7. The van der Waals surface area contributed by atoms with Gasteiger partial charge in [0.2, 0.25) is 0 Å². The monoisotopic (exact) mass is 341 g/mol. The number of hydrogen-bond acceptors (Lipinski definition) is 2. The minimum atomic E-state index is -4.07. The van der Waals surface area contributed by atoms with Crippen molar-refractivity contribution in [2.24, 2.45) is 0 Å². The van der Waals surface area contributed by atoms with E-state index < -0.39 is 12.6 Å². The number of rotatable bonds is 7. The average molecular weight is 342 g/mol. The van der Waals surface area contributed by atoms with Crippen molar-refractivity contribution in [2.75, 3.05) is 6.54 Å². The molecular weight excluding hydrogens is 323 g/mol. The molecule has 110 valence electrons. The van der Waals surface area contributed by atoms with Crippen LogP contribution in [0.25, 0.3) is 0 Å². The van der Waals surface area contributed by atoms with Gasteiger partial charge >= 0.3 is 6.18 Å². The summed E-state index contributed by atoms with van der Waals surface area (Å²) >= 11 is 3.50. The summed E-state index contributed by atoms with van der Waals surface area (Å²) in [7, 11) is 0. The molecule has 0 aliphatic carbocycles. The zero-order chi connectivity index (χ0) is 14.5. The second-order valence-electron chi connectivity index (χ2n) is 4.27. The lowest BCUT2D eigenvalue weighted by Gasteiger charge is -2.09. The fourth-order valence-electron chi connectivity index (χ4n) is 1.81. The van der Waals surface area contributed by atoms with Crippen molar-refractivity contribution in [2.45, 2.75) is 52.4 Å². The number of nitrogens with one attached hydrogen (secondary N) is 1. The molecule has 0 saturated heterocycles. The van der Waals surface area contributed by atoms with E-state index in [-0.39, 0.29) is 6.42 Å². The van der Waals surface area contributed by atoms with E-state index in [0.29, 0.717) is 13.1 Å². The maximum absolute atomic E-state index is 12.0. The predicted octanol–water partition coefficient (Wildman–Crippen LogP) is 3.66. The first-order valence-corrected chi connectivity index (χ1v) is 7.19. The summed E-state index contributed by atoms with van der Waals surface area (Å²) in [5.74, 6) is 0. The van der Waals surface area contributed by atoms with Crippen LogP contribution in [0.4, 0.5) is 13.2 Å². The third-order valence-electron chi connectivity index (χ3n) is 2.80. The van der Waals surface area contributed by atoms with Crippen molar-refractivity contribution >= 4 is 15.9 Å². The molecule has 0 aliphatic heterocycles. The van der Waals surface area contributed by atoms with Gasteiger partial charge in [-0.05, 0) is 42.2 Å². The maximum atomic E-state index is 12.0. The van der Waals surface area contributed by atoms with E-state index >= 15 is 0 Å². The molecule has 7 heteroatoms. The third-order valence-corrected chi connectivity index (χ3v) is 3.72. The molecule has 3 nitrogen and oxygen atoms in total. The summed E-state index contributed by atoms with van der Waals surface area (Å²) in [6, 6.07) is 0. The molecule has 0 aromatic carbocycles. The molecule has 0 fully saturated rings. The van der Waals surface area contributed by atoms with E-state index in [4.69, 9.17) is 0 Å². The smallest absolute Gasteiger partial charge is 0.311 e. The van der Waals surface area contributed by atoms with Gasteiger partial charge in [0.25, 0.3) is 0 Å². The molecule has 0 radical (unpaired) electrons. The van der Waals surface area contributed by atoms with Crippen molar-refractivity contribution in [3.8, 4) is 0 Å². The van der Waals surface area contributed by atoms with E-state index in [9.17, 15) is 13.2 Å². The summed E-state index contributed by atoms with van der Waals surface area (Å²) in [6.07, 6.45) is -3.88. The summed E-state index contributed by atoms with van der Waals surface area (Å²) in [4.78, 5) is 0. The molecule has 19 heavy (non-hydrogen) atoms. The highest BCUT2D eigenvalue weighted by molar-refractivity contribution is 9.10. The lowest BCUT2D eigenvalue weighted by atomic mass is 10.3. The van der Waals surface area contributed by atoms with E-state index in [2.05, 4.69) is 26.3 Å². The Hall–Kier alpha value is -0.560. The van der Waals surface area contributed by atoms with Gasteiger partial charge < -0.3 is 5.32 Å².